The first-order valence-electron chi connectivity index (χ1n) is 11.9. The molecular formula is C28H34N2O2. The van der Waals surface area contributed by atoms with E-state index >= 15 is 0 Å². The van der Waals surface area contributed by atoms with Gasteiger partial charge in [-0.25, -0.2) is 0 Å². The van der Waals surface area contributed by atoms with Crippen LogP contribution in [0.3, 0.4) is 0 Å². The van der Waals surface area contributed by atoms with Crippen LogP contribution in [-0.4, -0.2) is 22.3 Å². The van der Waals surface area contributed by atoms with Crippen LogP contribution in [0.4, 0.5) is 0 Å². The van der Waals surface area contributed by atoms with Crippen molar-refractivity contribution in [2.75, 3.05) is 6.54 Å². The Morgan fingerprint density at radius 2 is 1.75 bits per heavy atom. The largest absolute Gasteiger partial charge is 0.338 e. The zero-order chi connectivity index (χ0) is 22.7. The molecule has 0 unspecified atom stereocenters. The van der Waals surface area contributed by atoms with Gasteiger partial charge in [-0.1, -0.05) is 49.1 Å². The normalized spacial score (nSPS) is 14.6. The van der Waals surface area contributed by atoms with Gasteiger partial charge in [-0.15, -0.1) is 0 Å². The van der Waals surface area contributed by atoms with Gasteiger partial charge < -0.3 is 9.88 Å². The Morgan fingerprint density at radius 1 is 1.00 bits per heavy atom. The maximum absolute atomic E-state index is 13.5. The van der Waals surface area contributed by atoms with Gasteiger partial charge in [0.15, 0.2) is 0 Å². The van der Waals surface area contributed by atoms with Gasteiger partial charge in [-0.2, -0.15) is 0 Å². The fraction of sp³-hybridized carbons (Fsp3) is 0.429. The van der Waals surface area contributed by atoms with Gasteiger partial charge in [0.1, 0.15) is 0 Å². The fourth-order valence-electron chi connectivity index (χ4n) is 4.85. The number of carbonyl (C=O) groups excluding carboxylic acids is 1. The van der Waals surface area contributed by atoms with E-state index in [1.165, 1.54) is 23.1 Å². The SMILES string of the molecule is Cc1cccc(CCN(Cc2cc3cc(C)c(C)cc3[nH]c2=O)C(=O)C2CCCCC2)c1. The smallest absolute Gasteiger partial charge is 0.253 e. The highest BCUT2D eigenvalue weighted by atomic mass is 16.2. The van der Waals surface area contributed by atoms with Crippen molar-refractivity contribution in [3.63, 3.8) is 0 Å². The summed E-state index contributed by atoms with van der Waals surface area (Å²) in [4.78, 5) is 31.3. The molecule has 0 atom stereocenters. The van der Waals surface area contributed by atoms with E-state index < -0.39 is 0 Å². The van der Waals surface area contributed by atoms with Gasteiger partial charge in [0.2, 0.25) is 5.91 Å². The summed E-state index contributed by atoms with van der Waals surface area (Å²) in [5, 5.41) is 1.02. The highest BCUT2D eigenvalue weighted by Crippen LogP contribution is 2.26. The first kappa shape index (κ1) is 22.3. The van der Waals surface area contributed by atoms with Crippen molar-refractivity contribution in [2.24, 2.45) is 5.92 Å². The molecule has 3 aromatic rings. The third kappa shape index (κ3) is 5.12. The number of hydrogen-bond acceptors (Lipinski definition) is 2. The van der Waals surface area contributed by atoms with Crippen LogP contribution in [0, 0.1) is 26.7 Å². The minimum absolute atomic E-state index is 0.0886. The second-order valence-electron chi connectivity index (χ2n) is 9.48. The molecule has 1 aliphatic carbocycles. The minimum atomic E-state index is -0.0993. The number of fused-ring (bicyclic) bond motifs is 1. The molecule has 0 saturated heterocycles. The number of pyridine rings is 1. The zero-order valence-electron chi connectivity index (χ0n) is 19.5. The van der Waals surface area contributed by atoms with Gasteiger partial charge in [-0.3, -0.25) is 9.59 Å². The van der Waals surface area contributed by atoms with Gasteiger partial charge in [-0.05, 0) is 80.3 Å². The first-order chi connectivity index (χ1) is 15.4. The molecule has 2 aromatic carbocycles. The summed E-state index contributed by atoms with van der Waals surface area (Å²) in [6.45, 7) is 7.21. The Morgan fingerprint density at radius 3 is 2.50 bits per heavy atom. The maximum Gasteiger partial charge on any atom is 0.253 e. The lowest BCUT2D eigenvalue weighted by Gasteiger charge is -2.29. The summed E-state index contributed by atoms with van der Waals surface area (Å²) in [6, 6.07) is 14.6. The van der Waals surface area contributed by atoms with Gasteiger partial charge >= 0.3 is 0 Å². The lowest BCUT2D eigenvalue weighted by Crippen LogP contribution is -2.39. The van der Waals surface area contributed by atoms with Gasteiger partial charge in [0, 0.05) is 23.5 Å². The number of hydrogen-bond donors (Lipinski definition) is 1. The Hall–Kier alpha value is -2.88. The Bertz CT molecular complexity index is 1170. The number of nitrogens with zero attached hydrogens (tertiary/aromatic N) is 1. The molecule has 168 valence electrons. The number of aromatic amines is 1. The van der Waals surface area contributed by atoms with E-state index in [4.69, 9.17) is 0 Å². The maximum atomic E-state index is 13.5. The first-order valence-corrected chi connectivity index (χ1v) is 11.9. The molecule has 4 heteroatoms. The molecule has 1 heterocycles. The molecule has 32 heavy (non-hydrogen) atoms. The van der Waals surface area contributed by atoms with E-state index in [1.54, 1.807) is 0 Å². The average molecular weight is 431 g/mol. The third-order valence-corrected chi connectivity index (χ3v) is 6.92. The number of rotatable bonds is 6. The van der Waals surface area contributed by atoms with E-state index in [1.807, 2.05) is 17.0 Å². The van der Waals surface area contributed by atoms with Gasteiger partial charge in [0.25, 0.3) is 5.56 Å². The van der Waals surface area contributed by atoms with Crippen LogP contribution < -0.4 is 5.56 Å². The third-order valence-electron chi connectivity index (χ3n) is 6.92. The Labute approximate surface area is 190 Å². The topological polar surface area (TPSA) is 53.2 Å². The molecule has 1 N–H and O–H groups in total. The lowest BCUT2D eigenvalue weighted by atomic mass is 9.88. The molecule has 1 amide bonds. The number of H-pyrrole nitrogens is 1. The van der Waals surface area contributed by atoms with Crippen LogP contribution in [0.1, 0.15) is 59.9 Å². The van der Waals surface area contributed by atoms with E-state index in [2.05, 4.69) is 56.1 Å². The summed E-state index contributed by atoms with van der Waals surface area (Å²) in [6.07, 6.45) is 6.19. The van der Waals surface area contributed by atoms with Crippen LogP contribution in [0.25, 0.3) is 10.9 Å². The quantitative estimate of drug-likeness (QED) is 0.553. The Kier molecular flexibility index (Phi) is 6.78. The molecule has 1 aliphatic rings. The zero-order valence-corrected chi connectivity index (χ0v) is 19.5. The highest BCUT2D eigenvalue weighted by Gasteiger charge is 2.26. The van der Waals surface area contributed by atoms with Crippen molar-refractivity contribution in [1.29, 1.82) is 0 Å². The molecule has 1 aromatic heterocycles. The molecule has 1 saturated carbocycles. The summed E-state index contributed by atoms with van der Waals surface area (Å²) in [5.41, 5.74) is 6.23. The summed E-state index contributed by atoms with van der Waals surface area (Å²) >= 11 is 0. The second-order valence-corrected chi connectivity index (χ2v) is 9.48. The van der Waals surface area contributed by atoms with E-state index in [0.29, 0.717) is 18.7 Å². The number of carbonyl (C=O) groups is 1. The number of nitrogens with one attached hydrogen (secondary N) is 1. The van der Waals surface area contributed by atoms with Crippen molar-refractivity contribution in [3.05, 3.63) is 80.6 Å². The van der Waals surface area contributed by atoms with E-state index in [0.717, 1.165) is 48.6 Å². The average Bonchev–Trinajstić information content (AvgIpc) is 2.78. The van der Waals surface area contributed by atoms with Crippen molar-refractivity contribution in [1.82, 2.24) is 9.88 Å². The van der Waals surface area contributed by atoms with Crippen molar-refractivity contribution in [3.8, 4) is 0 Å². The number of benzene rings is 2. The predicted octanol–water partition coefficient (Wildman–Crippen LogP) is 5.60. The minimum Gasteiger partial charge on any atom is -0.338 e. The molecule has 1 fully saturated rings. The molecule has 0 aliphatic heterocycles. The molecule has 4 rings (SSSR count). The standard InChI is InChI=1S/C28H34N2O2/c1-19-8-7-9-22(14-19)12-13-30(28(32)23-10-5-4-6-11-23)18-25-17-24-15-20(2)21(3)16-26(24)29-27(25)31/h7-9,14-17,23H,4-6,10-13,18H2,1-3H3,(H,29,31). The van der Waals surface area contributed by atoms with Crippen LogP contribution in [-0.2, 0) is 17.8 Å². The summed E-state index contributed by atoms with van der Waals surface area (Å²) in [7, 11) is 0. The Balaban J connectivity index is 1.61. The predicted molar refractivity (Wildman–Crippen MR) is 131 cm³/mol. The molecule has 0 bridgehead atoms. The van der Waals surface area contributed by atoms with Crippen LogP contribution >= 0.6 is 0 Å². The second kappa shape index (κ2) is 9.72. The molecule has 0 spiro atoms. The fourth-order valence-corrected chi connectivity index (χ4v) is 4.85. The molecular weight excluding hydrogens is 396 g/mol. The summed E-state index contributed by atoms with van der Waals surface area (Å²) in [5.74, 6) is 0.294. The van der Waals surface area contributed by atoms with Crippen LogP contribution in [0.5, 0.6) is 0 Å². The molecule has 4 nitrogen and oxygen atoms in total. The van der Waals surface area contributed by atoms with Crippen LogP contribution in [0.15, 0.2) is 47.3 Å². The van der Waals surface area contributed by atoms with Gasteiger partial charge in [0.05, 0.1) is 6.54 Å². The van der Waals surface area contributed by atoms with Crippen molar-refractivity contribution < 1.29 is 4.79 Å². The lowest BCUT2D eigenvalue weighted by molar-refractivity contribution is -0.137. The summed E-state index contributed by atoms with van der Waals surface area (Å²) < 4.78 is 0. The highest BCUT2D eigenvalue weighted by molar-refractivity contribution is 5.81. The van der Waals surface area contributed by atoms with Crippen molar-refractivity contribution >= 4 is 16.8 Å². The van der Waals surface area contributed by atoms with E-state index in [-0.39, 0.29) is 17.4 Å². The van der Waals surface area contributed by atoms with Crippen LogP contribution in [0.2, 0.25) is 0 Å². The monoisotopic (exact) mass is 430 g/mol. The van der Waals surface area contributed by atoms with Crippen molar-refractivity contribution in [2.45, 2.75) is 65.8 Å². The van der Waals surface area contributed by atoms with E-state index in [9.17, 15) is 9.59 Å². The number of aromatic nitrogens is 1. The number of amides is 1. The molecule has 0 radical (unpaired) electrons. The number of aryl methyl sites for hydroxylation is 3.